The number of ether oxygens (including phenoxy) is 3. The maximum atomic E-state index is 9.99. The predicted octanol–water partition coefficient (Wildman–Crippen LogP) is 11.8. The van der Waals surface area contributed by atoms with Gasteiger partial charge in [0.2, 0.25) is 5.79 Å². The van der Waals surface area contributed by atoms with Crippen molar-refractivity contribution in [3.8, 4) is 28.4 Å². The molecule has 2 aliphatic carbocycles. The monoisotopic (exact) mass is 821 g/mol. The molecule has 0 bridgehead atoms. The molecule has 6 atom stereocenters. The van der Waals surface area contributed by atoms with Crippen molar-refractivity contribution >= 4 is 17.5 Å². The standard InChI is InChI=1S/C52H55NO6S/c1-2-32-56-52-49(60-43-21-10-5-11-22-43)35-47(53-57-36-37-16-6-3-7-17-37)45-33-40(20-12-14-30-54)44(23-13-15-31-55)50(51(45)52)46-34-42(28-29-48(46)59-52)58-41-26-24-39(25-27-41)38-18-8-4-9-19-38/h2-11,16-19,21-22,24-29,33-34,40,44,49-51,54-55H,1,12-15,20,23,30-32,35-36H2. The van der Waals surface area contributed by atoms with Gasteiger partial charge in [-0.15, -0.1) is 18.3 Å². The van der Waals surface area contributed by atoms with E-state index in [1.807, 2.05) is 66.7 Å². The second-order valence-corrected chi connectivity index (χ2v) is 17.2. The number of oxime groups is 1. The fraction of sp³-hybridized carbons (Fsp3) is 0.327. The molecule has 5 aromatic rings. The van der Waals surface area contributed by atoms with Gasteiger partial charge in [-0.25, -0.2) is 0 Å². The Balaban J connectivity index is 1.25. The van der Waals surface area contributed by atoms with Crippen LogP contribution in [0.15, 0.2) is 168 Å². The zero-order chi connectivity index (χ0) is 41.2. The Morgan fingerprint density at radius 3 is 2.15 bits per heavy atom. The van der Waals surface area contributed by atoms with Gasteiger partial charge in [-0.2, -0.15) is 0 Å². The predicted molar refractivity (Wildman–Crippen MR) is 240 cm³/mol. The van der Waals surface area contributed by atoms with Crippen LogP contribution in [0.25, 0.3) is 11.1 Å². The van der Waals surface area contributed by atoms with Crippen molar-refractivity contribution in [2.24, 2.45) is 22.9 Å². The summed E-state index contributed by atoms with van der Waals surface area (Å²) < 4.78 is 21.1. The second kappa shape index (κ2) is 20.0. The molecule has 1 saturated carbocycles. The third-order valence-electron chi connectivity index (χ3n) is 12.1. The van der Waals surface area contributed by atoms with Crippen LogP contribution in [0.4, 0.5) is 0 Å². The lowest BCUT2D eigenvalue weighted by Gasteiger charge is -2.58. The Labute approximate surface area is 358 Å². The molecular formula is C52H55NO6S. The number of aliphatic hydroxyl groups excluding tert-OH is 2. The largest absolute Gasteiger partial charge is 0.460 e. The molecule has 310 valence electrons. The molecule has 0 saturated heterocycles. The highest BCUT2D eigenvalue weighted by molar-refractivity contribution is 8.00. The molecule has 2 N–H and O–H groups in total. The van der Waals surface area contributed by atoms with Crippen molar-refractivity contribution in [1.29, 1.82) is 0 Å². The first-order valence-electron chi connectivity index (χ1n) is 21.4. The zero-order valence-electron chi connectivity index (χ0n) is 34.1. The second-order valence-electron chi connectivity index (χ2n) is 15.9. The van der Waals surface area contributed by atoms with Crippen molar-refractivity contribution in [3.63, 3.8) is 0 Å². The summed E-state index contributed by atoms with van der Waals surface area (Å²) >= 11 is 1.76. The number of hydrogen-bond acceptors (Lipinski definition) is 8. The molecule has 0 amide bonds. The van der Waals surface area contributed by atoms with E-state index >= 15 is 0 Å². The SMILES string of the molecule is C=CCOC12Oc3ccc(Oc4ccc(-c5ccccc5)cc4)cc3C3C(CCCCO)C(CCCCO)C=C(C(=NOCc4ccccc4)CC1Sc1ccccc1)C32. The summed E-state index contributed by atoms with van der Waals surface area (Å²) in [7, 11) is 0. The fourth-order valence-electron chi connectivity index (χ4n) is 9.39. The normalized spacial score (nSPS) is 23.5. The molecule has 6 unspecified atom stereocenters. The Morgan fingerprint density at radius 2 is 1.43 bits per heavy atom. The van der Waals surface area contributed by atoms with Gasteiger partial charge in [0.15, 0.2) is 0 Å². The van der Waals surface area contributed by atoms with Crippen LogP contribution in [0.1, 0.15) is 62.0 Å². The number of benzene rings is 5. The number of nitrogens with zero attached hydrogens (tertiary/aromatic N) is 1. The molecule has 0 radical (unpaired) electrons. The molecule has 5 aromatic carbocycles. The Morgan fingerprint density at radius 1 is 0.767 bits per heavy atom. The van der Waals surface area contributed by atoms with E-state index in [9.17, 15) is 10.2 Å². The van der Waals surface area contributed by atoms with Crippen molar-refractivity contribution in [2.75, 3.05) is 19.8 Å². The summed E-state index contributed by atoms with van der Waals surface area (Å²) in [4.78, 5) is 7.35. The molecule has 1 heterocycles. The van der Waals surface area contributed by atoms with Crippen LogP contribution in [0.3, 0.4) is 0 Å². The molecule has 8 rings (SSSR count). The Hall–Kier alpha value is -5.12. The number of thioether (sulfide) groups is 1. The van der Waals surface area contributed by atoms with Crippen LogP contribution in [-0.2, 0) is 16.2 Å². The van der Waals surface area contributed by atoms with Gasteiger partial charge in [0, 0.05) is 36.0 Å². The molecule has 1 fully saturated rings. The van der Waals surface area contributed by atoms with Crippen molar-refractivity contribution < 1.29 is 29.3 Å². The summed E-state index contributed by atoms with van der Waals surface area (Å²) in [6.07, 6.45) is 9.87. The van der Waals surface area contributed by atoms with Crippen molar-refractivity contribution in [1.82, 2.24) is 0 Å². The maximum Gasteiger partial charge on any atom is 0.231 e. The van der Waals surface area contributed by atoms with Crippen molar-refractivity contribution in [2.45, 2.75) is 73.4 Å². The van der Waals surface area contributed by atoms with Gasteiger partial charge in [0.05, 0.1) is 23.5 Å². The molecule has 1 aliphatic heterocycles. The summed E-state index contributed by atoms with van der Waals surface area (Å²) in [6.45, 7) is 5.05. The summed E-state index contributed by atoms with van der Waals surface area (Å²) in [5.74, 6) is 1.28. The summed E-state index contributed by atoms with van der Waals surface area (Å²) in [5, 5.41) is 24.7. The van der Waals surface area contributed by atoms with Gasteiger partial charge in [-0.3, -0.25) is 0 Å². The molecule has 3 aliphatic rings. The maximum absolute atomic E-state index is 9.99. The molecule has 0 spiro atoms. The highest BCUT2D eigenvalue weighted by Gasteiger charge is 2.64. The highest BCUT2D eigenvalue weighted by Crippen LogP contribution is 2.63. The minimum absolute atomic E-state index is 0.0427. The minimum atomic E-state index is -1.07. The van der Waals surface area contributed by atoms with Gasteiger partial charge < -0.3 is 29.3 Å². The van der Waals surface area contributed by atoms with Crippen LogP contribution in [0.5, 0.6) is 17.2 Å². The average Bonchev–Trinajstić information content (AvgIpc) is 3.29. The van der Waals surface area contributed by atoms with E-state index in [1.165, 1.54) is 0 Å². The van der Waals surface area contributed by atoms with Crippen LogP contribution in [0.2, 0.25) is 0 Å². The molecule has 60 heavy (non-hydrogen) atoms. The third kappa shape index (κ3) is 9.27. The number of unbranched alkanes of at least 4 members (excludes halogenated alkanes) is 2. The van der Waals surface area contributed by atoms with Gasteiger partial charge in [0.25, 0.3) is 0 Å². The van der Waals surface area contributed by atoms with Crippen LogP contribution in [-0.4, -0.2) is 46.8 Å². The zero-order valence-corrected chi connectivity index (χ0v) is 34.9. The van der Waals surface area contributed by atoms with Gasteiger partial charge in [0.1, 0.15) is 23.9 Å². The number of fused-ring (bicyclic) bond motifs is 2. The number of allylic oxidation sites excluding steroid dienone is 1. The van der Waals surface area contributed by atoms with Gasteiger partial charge in [-0.05, 0) is 102 Å². The van der Waals surface area contributed by atoms with E-state index in [1.54, 1.807) is 11.8 Å². The van der Waals surface area contributed by atoms with Crippen LogP contribution < -0.4 is 9.47 Å². The van der Waals surface area contributed by atoms with E-state index in [2.05, 4.69) is 85.5 Å². The van der Waals surface area contributed by atoms with E-state index < -0.39 is 5.79 Å². The van der Waals surface area contributed by atoms with Crippen LogP contribution >= 0.6 is 11.8 Å². The number of hydrogen-bond donors (Lipinski definition) is 2. The van der Waals surface area contributed by atoms with E-state index in [-0.39, 0.29) is 42.1 Å². The topological polar surface area (TPSA) is 89.7 Å². The quantitative estimate of drug-likeness (QED) is 0.0487. The molecule has 8 heteroatoms. The van der Waals surface area contributed by atoms with Crippen molar-refractivity contribution in [3.05, 3.63) is 169 Å². The fourth-order valence-corrected chi connectivity index (χ4v) is 10.7. The number of aliphatic hydroxyl groups is 2. The van der Waals surface area contributed by atoms with E-state index in [4.69, 9.17) is 24.2 Å². The van der Waals surface area contributed by atoms with E-state index in [0.717, 1.165) is 94.2 Å². The van der Waals surface area contributed by atoms with Gasteiger partial charge >= 0.3 is 0 Å². The van der Waals surface area contributed by atoms with Crippen LogP contribution in [0, 0.1) is 17.8 Å². The third-order valence-corrected chi connectivity index (χ3v) is 13.4. The number of rotatable bonds is 19. The first kappa shape index (κ1) is 41.6. The lowest BCUT2D eigenvalue weighted by molar-refractivity contribution is -0.223. The lowest BCUT2D eigenvalue weighted by atomic mass is 9.56. The summed E-state index contributed by atoms with van der Waals surface area (Å²) in [5.41, 5.74) is 6.42. The first-order chi connectivity index (χ1) is 29.6. The average molecular weight is 822 g/mol. The van der Waals surface area contributed by atoms with Gasteiger partial charge in [-0.1, -0.05) is 121 Å². The molecule has 0 aromatic heterocycles. The Bertz CT molecular complexity index is 2210. The molecular weight excluding hydrogens is 767 g/mol. The summed E-state index contributed by atoms with van der Waals surface area (Å²) in [6, 6.07) is 45.4. The lowest BCUT2D eigenvalue weighted by Crippen LogP contribution is -2.64. The first-order valence-corrected chi connectivity index (χ1v) is 22.3. The molecule has 7 nitrogen and oxygen atoms in total. The smallest absolute Gasteiger partial charge is 0.231 e. The Kier molecular flexibility index (Phi) is 13.8. The minimum Gasteiger partial charge on any atom is -0.460 e. The highest BCUT2D eigenvalue weighted by atomic mass is 32.2. The van der Waals surface area contributed by atoms with E-state index in [0.29, 0.717) is 19.6 Å².